The Labute approximate surface area is 152 Å². The van der Waals surface area contributed by atoms with Crippen molar-refractivity contribution in [3.05, 3.63) is 21.4 Å². The van der Waals surface area contributed by atoms with Crippen molar-refractivity contribution in [3.8, 4) is 0 Å². The number of carbonyl (C=O) groups excluding carboxylic acids is 3. The Morgan fingerprint density at radius 3 is 2.76 bits per heavy atom. The number of nitrogens with one attached hydrogen (secondary N) is 2. The summed E-state index contributed by atoms with van der Waals surface area (Å²) in [7, 11) is 0. The molecule has 6 nitrogen and oxygen atoms in total. The molecular weight excluding hydrogens is 340 g/mol. The van der Waals surface area contributed by atoms with Gasteiger partial charge in [-0.1, -0.05) is 13.3 Å². The number of hydrogen-bond donors (Lipinski definition) is 2. The van der Waals surface area contributed by atoms with E-state index in [1.165, 1.54) is 28.2 Å². The van der Waals surface area contributed by atoms with E-state index >= 15 is 0 Å². The molecule has 2 N–H and O–H groups in total. The molecule has 0 fully saturated rings. The van der Waals surface area contributed by atoms with Gasteiger partial charge < -0.3 is 15.4 Å². The van der Waals surface area contributed by atoms with Crippen molar-refractivity contribution in [1.29, 1.82) is 0 Å². The van der Waals surface area contributed by atoms with Crippen LogP contribution in [0, 0.1) is 0 Å². The van der Waals surface area contributed by atoms with Crippen LogP contribution in [0.5, 0.6) is 0 Å². The molecule has 1 heterocycles. The fourth-order valence-corrected chi connectivity index (χ4v) is 3.87. The second-order valence-electron chi connectivity index (χ2n) is 6.28. The van der Waals surface area contributed by atoms with Crippen LogP contribution in [0.4, 0.5) is 0 Å². The van der Waals surface area contributed by atoms with E-state index in [0.717, 1.165) is 32.1 Å². The molecule has 138 valence electrons. The minimum atomic E-state index is -0.657. The lowest BCUT2D eigenvalue weighted by atomic mass is 10.1. The lowest BCUT2D eigenvalue weighted by Crippen LogP contribution is -2.46. The van der Waals surface area contributed by atoms with Crippen LogP contribution in [0.15, 0.2) is 6.07 Å². The van der Waals surface area contributed by atoms with Gasteiger partial charge in [0.1, 0.15) is 10.9 Å². The standard InChI is InChI=1S/C18H26N2O4S/c1-3-9-19-17(22)12(2)20-16(21)11-24-18(23)15-10-13-7-5-4-6-8-14(13)25-15/h10,12H,3-9,11H2,1-2H3,(H,19,22)(H,20,21)/t12-/m1/s1. The smallest absolute Gasteiger partial charge is 0.348 e. The van der Waals surface area contributed by atoms with Gasteiger partial charge in [0, 0.05) is 11.4 Å². The summed E-state index contributed by atoms with van der Waals surface area (Å²) in [6.45, 7) is 3.73. The normalized spacial score (nSPS) is 14.8. The van der Waals surface area contributed by atoms with Gasteiger partial charge in [0.2, 0.25) is 5.91 Å². The Balaban J connectivity index is 1.79. The number of esters is 1. The molecule has 1 aliphatic rings. The molecule has 2 rings (SSSR count). The van der Waals surface area contributed by atoms with E-state index < -0.39 is 17.9 Å². The van der Waals surface area contributed by atoms with Gasteiger partial charge in [0.25, 0.3) is 5.91 Å². The molecule has 0 saturated carbocycles. The zero-order chi connectivity index (χ0) is 18.2. The summed E-state index contributed by atoms with van der Waals surface area (Å²) in [5.74, 6) is -1.20. The number of amides is 2. The molecule has 0 aromatic carbocycles. The zero-order valence-corrected chi connectivity index (χ0v) is 15.7. The molecule has 25 heavy (non-hydrogen) atoms. The molecule has 0 saturated heterocycles. The molecule has 7 heteroatoms. The number of hydrogen-bond acceptors (Lipinski definition) is 5. The van der Waals surface area contributed by atoms with E-state index in [1.807, 2.05) is 13.0 Å². The minimum absolute atomic E-state index is 0.247. The minimum Gasteiger partial charge on any atom is -0.451 e. The Kier molecular flexibility index (Phi) is 7.43. The second kappa shape index (κ2) is 9.56. The van der Waals surface area contributed by atoms with Crippen LogP contribution in [0.1, 0.15) is 59.6 Å². The van der Waals surface area contributed by atoms with Crippen LogP contribution >= 0.6 is 11.3 Å². The van der Waals surface area contributed by atoms with E-state index in [-0.39, 0.29) is 12.5 Å². The summed E-state index contributed by atoms with van der Waals surface area (Å²) >= 11 is 1.47. The molecule has 0 bridgehead atoms. The van der Waals surface area contributed by atoms with Crippen molar-refractivity contribution in [3.63, 3.8) is 0 Å². The first-order valence-corrected chi connectivity index (χ1v) is 9.68. The highest BCUT2D eigenvalue weighted by Crippen LogP contribution is 2.29. The van der Waals surface area contributed by atoms with Crippen molar-refractivity contribution < 1.29 is 19.1 Å². The maximum atomic E-state index is 12.1. The molecule has 0 aliphatic heterocycles. The zero-order valence-electron chi connectivity index (χ0n) is 14.9. The van der Waals surface area contributed by atoms with E-state index in [1.54, 1.807) is 6.92 Å². The van der Waals surface area contributed by atoms with Crippen LogP contribution in [-0.4, -0.2) is 37.0 Å². The van der Waals surface area contributed by atoms with Gasteiger partial charge >= 0.3 is 5.97 Å². The third-order valence-electron chi connectivity index (χ3n) is 4.10. The highest BCUT2D eigenvalue weighted by Gasteiger charge is 2.19. The fraction of sp³-hybridized carbons (Fsp3) is 0.611. The van der Waals surface area contributed by atoms with Gasteiger partial charge in [-0.3, -0.25) is 9.59 Å². The monoisotopic (exact) mass is 366 g/mol. The van der Waals surface area contributed by atoms with Gasteiger partial charge in [-0.25, -0.2) is 4.79 Å². The van der Waals surface area contributed by atoms with Gasteiger partial charge in [-0.05, 0) is 50.7 Å². The molecule has 0 radical (unpaired) electrons. The summed E-state index contributed by atoms with van der Waals surface area (Å²) in [5.41, 5.74) is 1.24. The van der Waals surface area contributed by atoms with Gasteiger partial charge in [0.05, 0.1) is 0 Å². The van der Waals surface area contributed by atoms with Crippen molar-refractivity contribution in [2.24, 2.45) is 0 Å². The number of aryl methyl sites for hydroxylation is 2. The molecule has 1 aromatic heterocycles. The first-order chi connectivity index (χ1) is 12.0. The topological polar surface area (TPSA) is 84.5 Å². The summed E-state index contributed by atoms with van der Waals surface area (Å²) in [4.78, 5) is 37.5. The number of thiophene rings is 1. The molecule has 2 amide bonds. The Hall–Kier alpha value is -1.89. The van der Waals surface area contributed by atoms with Gasteiger partial charge in [-0.2, -0.15) is 0 Å². The van der Waals surface area contributed by atoms with Crippen LogP contribution < -0.4 is 10.6 Å². The van der Waals surface area contributed by atoms with Crippen LogP contribution in [0.3, 0.4) is 0 Å². The quantitative estimate of drug-likeness (QED) is 0.572. The SMILES string of the molecule is CCCNC(=O)[C@@H](C)NC(=O)COC(=O)c1cc2c(s1)CCCCC2. The van der Waals surface area contributed by atoms with E-state index in [4.69, 9.17) is 4.74 Å². The highest BCUT2D eigenvalue weighted by atomic mass is 32.1. The van der Waals surface area contributed by atoms with Crippen molar-refractivity contribution in [2.75, 3.05) is 13.2 Å². The lowest BCUT2D eigenvalue weighted by Gasteiger charge is -2.13. The van der Waals surface area contributed by atoms with Gasteiger partial charge in [-0.15, -0.1) is 11.3 Å². The Morgan fingerprint density at radius 2 is 2.00 bits per heavy atom. The molecule has 1 atom stereocenters. The molecular formula is C18H26N2O4S. The number of fused-ring (bicyclic) bond motifs is 1. The van der Waals surface area contributed by atoms with E-state index in [2.05, 4.69) is 10.6 Å². The summed E-state index contributed by atoms with van der Waals surface area (Å²) in [6, 6.07) is 1.24. The Morgan fingerprint density at radius 1 is 1.24 bits per heavy atom. The average molecular weight is 366 g/mol. The third kappa shape index (κ3) is 5.85. The first kappa shape index (κ1) is 19.4. The van der Waals surface area contributed by atoms with Crippen LogP contribution in [0.25, 0.3) is 0 Å². The van der Waals surface area contributed by atoms with Crippen molar-refractivity contribution in [1.82, 2.24) is 10.6 Å². The summed E-state index contributed by atoms with van der Waals surface area (Å²) in [6.07, 6.45) is 6.38. The second-order valence-corrected chi connectivity index (χ2v) is 7.41. The largest absolute Gasteiger partial charge is 0.451 e. The molecule has 0 unspecified atom stereocenters. The fourth-order valence-electron chi connectivity index (χ4n) is 2.72. The summed E-state index contributed by atoms with van der Waals surface area (Å²) in [5, 5.41) is 5.23. The van der Waals surface area contributed by atoms with E-state index in [9.17, 15) is 14.4 Å². The van der Waals surface area contributed by atoms with Gasteiger partial charge in [0.15, 0.2) is 6.61 Å². The molecule has 1 aliphatic carbocycles. The number of ether oxygens (including phenoxy) is 1. The maximum Gasteiger partial charge on any atom is 0.348 e. The number of carbonyl (C=O) groups is 3. The predicted molar refractivity (Wildman–Crippen MR) is 96.8 cm³/mol. The van der Waals surface area contributed by atoms with E-state index in [0.29, 0.717) is 11.4 Å². The first-order valence-electron chi connectivity index (χ1n) is 8.87. The average Bonchev–Trinajstić information content (AvgIpc) is 2.88. The summed E-state index contributed by atoms with van der Waals surface area (Å²) < 4.78 is 5.09. The van der Waals surface area contributed by atoms with Crippen LogP contribution in [-0.2, 0) is 27.2 Å². The van der Waals surface area contributed by atoms with Crippen LogP contribution in [0.2, 0.25) is 0 Å². The molecule has 0 spiro atoms. The third-order valence-corrected chi connectivity index (χ3v) is 5.32. The highest BCUT2D eigenvalue weighted by molar-refractivity contribution is 7.14. The maximum absolute atomic E-state index is 12.1. The number of rotatable bonds is 7. The van der Waals surface area contributed by atoms with Crippen molar-refractivity contribution in [2.45, 2.75) is 58.4 Å². The van der Waals surface area contributed by atoms with Crippen molar-refractivity contribution >= 4 is 29.1 Å². The Bertz CT molecular complexity index is 603. The predicted octanol–water partition coefficient (Wildman–Crippen LogP) is 2.20. The lowest BCUT2D eigenvalue weighted by molar-refractivity contribution is -0.130. The molecule has 1 aromatic rings.